The highest BCUT2D eigenvalue weighted by Gasteiger charge is 2.13. The molecule has 19 heavy (non-hydrogen) atoms. The van der Waals surface area contributed by atoms with E-state index in [9.17, 15) is 4.39 Å². The van der Waals surface area contributed by atoms with Crippen LogP contribution in [-0.4, -0.2) is 11.5 Å². The summed E-state index contributed by atoms with van der Waals surface area (Å²) in [5.41, 5.74) is 2.07. The predicted molar refractivity (Wildman–Crippen MR) is 78.5 cm³/mol. The van der Waals surface area contributed by atoms with Crippen LogP contribution in [-0.2, 0) is 6.42 Å². The van der Waals surface area contributed by atoms with Crippen molar-refractivity contribution in [2.45, 2.75) is 19.4 Å². The van der Waals surface area contributed by atoms with Crippen molar-refractivity contribution >= 4 is 15.9 Å². The number of nitrogens with one attached hydrogen (secondary N) is 1. The summed E-state index contributed by atoms with van der Waals surface area (Å²) in [5.74, 6) is -0.299. The van der Waals surface area contributed by atoms with Gasteiger partial charge in [-0.05, 0) is 36.2 Å². The van der Waals surface area contributed by atoms with E-state index >= 15 is 0 Å². The maximum Gasteiger partial charge on any atom is 0.141 e. The van der Waals surface area contributed by atoms with E-state index in [-0.39, 0.29) is 11.9 Å². The van der Waals surface area contributed by atoms with Crippen molar-refractivity contribution in [3.8, 4) is 0 Å². The first-order chi connectivity index (χ1) is 9.20. The number of hydrogen-bond donors (Lipinski definition) is 1. The van der Waals surface area contributed by atoms with Gasteiger partial charge in [-0.3, -0.25) is 4.98 Å². The molecule has 1 aromatic heterocycles. The van der Waals surface area contributed by atoms with Crippen LogP contribution in [0.1, 0.15) is 24.1 Å². The molecule has 0 aliphatic rings. The van der Waals surface area contributed by atoms with Gasteiger partial charge in [0.2, 0.25) is 0 Å². The van der Waals surface area contributed by atoms with Crippen molar-refractivity contribution < 1.29 is 4.39 Å². The van der Waals surface area contributed by atoms with Crippen LogP contribution in [0.15, 0.2) is 47.2 Å². The number of benzene rings is 1. The number of rotatable bonds is 5. The third kappa shape index (κ3) is 3.85. The maximum absolute atomic E-state index is 13.3. The van der Waals surface area contributed by atoms with Gasteiger partial charge in [-0.2, -0.15) is 0 Å². The van der Waals surface area contributed by atoms with E-state index in [1.54, 1.807) is 6.20 Å². The van der Waals surface area contributed by atoms with Crippen LogP contribution >= 0.6 is 15.9 Å². The molecular weight excluding hydrogens is 307 g/mol. The van der Waals surface area contributed by atoms with Crippen LogP contribution in [0.5, 0.6) is 0 Å². The largest absolute Gasteiger partial charge is 0.310 e. The average molecular weight is 323 g/mol. The molecule has 0 fully saturated rings. The Morgan fingerprint density at radius 3 is 2.79 bits per heavy atom. The molecule has 1 N–H and O–H groups in total. The summed E-state index contributed by atoms with van der Waals surface area (Å²) in [7, 11) is 0. The first-order valence-corrected chi connectivity index (χ1v) is 7.07. The minimum atomic E-state index is -0.299. The van der Waals surface area contributed by atoms with Gasteiger partial charge in [-0.25, -0.2) is 4.39 Å². The second-order valence-electron chi connectivity index (χ2n) is 4.34. The summed E-state index contributed by atoms with van der Waals surface area (Å²) >= 11 is 3.55. The Bertz CT molecular complexity index is 545. The Balaban J connectivity index is 2.24. The van der Waals surface area contributed by atoms with E-state index < -0.39 is 0 Å². The lowest BCUT2D eigenvalue weighted by molar-refractivity contribution is 0.538. The fraction of sp³-hybridized carbons (Fsp3) is 0.267. The van der Waals surface area contributed by atoms with Crippen LogP contribution in [0.3, 0.4) is 0 Å². The van der Waals surface area contributed by atoms with E-state index in [2.05, 4.69) is 32.3 Å². The molecule has 1 aromatic carbocycles. The van der Waals surface area contributed by atoms with Gasteiger partial charge < -0.3 is 5.32 Å². The van der Waals surface area contributed by atoms with Gasteiger partial charge in [0.25, 0.3) is 0 Å². The van der Waals surface area contributed by atoms with Gasteiger partial charge in [0.1, 0.15) is 5.82 Å². The Kier molecular flexibility index (Phi) is 5.05. The second-order valence-corrected chi connectivity index (χ2v) is 5.20. The monoisotopic (exact) mass is 322 g/mol. The molecule has 0 spiro atoms. The van der Waals surface area contributed by atoms with Gasteiger partial charge in [-0.15, -0.1) is 0 Å². The molecule has 1 unspecified atom stereocenters. The Hall–Kier alpha value is -1.26. The highest BCUT2D eigenvalue weighted by Crippen LogP contribution is 2.23. The average Bonchev–Trinajstić information content (AvgIpc) is 2.40. The summed E-state index contributed by atoms with van der Waals surface area (Å²) in [6.07, 6.45) is 3.73. The zero-order valence-electron chi connectivity index (χ0n) is 10.7. The molecular formula is C15H16BrFN2. The fourth-order valence-corrected chi connectivity index (χ4v) is 2.50. The van der Waals surface area contributed by atoms with E-state index in [0.717, 1.165) is 23.0 Å². The zero-order valence-corrected chi connectivity index (χ0v) is 12.3. The maximum atomic E-state index is 13.3. The standard InChI is InChI=1S/C15H16BrFN2/c1-2-19-15(12-7-13(17)10-18-9-12)8-11-5-3-4-6-14(11)16/h3-7,9-10,15,19H,2,8H2,1H3. The van der Waals surface area contributed by atoms with E-state index in [0.29, 0.717) is 0 Å². The Labute approximate surface area is 121 Å². The van der Waals surface area contributed by atoms with Gasteiger partial charge >= 0.3 is 0 Å². The lowest BCUT2D eigenvalue weighted by Crippen LogP contribution is -2.23. The molecule has 1 atom stereocenters. The number of halogens is 2. The van der Waals surface area contributed by atoms with E-state index in [1.807, 2.05) is 25.1 Å². The predicted octanol–water partition coefficient (Wildman–Crippen LogP) is 3.88. The van der Waals surface area contributed by atoms with Crippen molar-refractivity contribution in [1.29, 1.82) is 0 Å². The van der Waals surface area contributed by atoms with Gasteiger partial charge in [0.05, 0.1) is 6.20 Å². The topological polar surface area (TPSA) is 24.9 Å². The van der Waals surface area contributed by atoms with Crippen LogP contribution in [0.4, 0.5) is 4.39 Å². The van der Waals surface area contributed by atoms with E-state index in [1.165, 1.54) is 17.8 Å². The molecule has 100 valence electrons. The molecule has 4 heteroatoms. The van der Waals surface area contributed by atoms with Crippen LogP contribution < -0.4 is 5.32 Å². The molecule has 0 aliphatic heterocycles. The molecule has 0 aliphatic carbocycles. The number of pyridine rings is 1. The molecule has 2 rings (SSSR count). The van der Waals surface area contributed by atoms with E-state index in [4.69, 9.17) is 0 Å². The molecule has 0 radical (unpaired) electrons. The first-order valence-electron chi connectivity index (χ1n) is 6.28. The van der Waals surface area contributed by atoms with Crippen molar-refractivity contribution in [2.75, 3.05) is 6.54 Å². The summed E-state index contributed by atoms with van der Waals surface area (Å²) < 4.78 is 14.4. The van der Waals surface area contributed by atoms with Crippen molar-refractivity contribution in [1.82, 2.24) is 10.3 Å². The molecule has 2 nitrogen and oxygen atoms in total. The molecule has 0 bridgehead atoms. The third-order valence-electron chi connectivity index (χ3n) is 2.96. The lowest BCUT2D eigenvalue weighted by atomic mass is 10.00. The Morgan fingerprint density at radius 1 is 1.32 bits per heavy atom. The SMILES string of the molecule is CCNC(Cc1ccccc1Br)c1cncc(F)c1. The first kappa shape index (κ1) is 14.2. The van der Waals surface area contributed by atoms with Crippen molar-refractivity contribution in [2.24, 2.45) is 0 Å². The lowest BCUT2D eigenvalue weighted by Gasteiger charge is -2.19. The molecule has 0 saturated carbocycles. The minimum absolute atomic E-state index is 0.0619. The summed E-state index contributed by atoms with van der Waals surface area (Å²) in [5, 5.41) is 3.37. The number of hydrogen-bond acceptors (Lipinski definition) is 2. The quantitative estimate of drug-likeness (QED) is 0.903. The third-order valence-corrected chi connectivity index (χ3v) is 3.73. The second kappa shape index (κ2) is 6.78. The summed E-state index contributed by atoms with van der Waals surface area (Å²) in [6, 6.07) is 9.68. The Morgan fingerprint density at radius 2 is 2.11 bits per heavy atom. The normalized spacial score (nSPS) is 12.4. The number of aromatic nitrogens is 1. The zero-order chi connectivity index (χ0) is 13.7. The van der Waals surface area contributed by atoms with Crippen molar-refractivity contribution in [3.63, 3.8) is 0 Å². The van der Waals surface area contributed by atoms with Crippen LogP contribution in [0, 0.1) is 5.82 Å². The fourth-order valence-electron chi connectivity index (χ4n) is 2.06. The number of nitrogens with zero attached hydrogens (tertiary/aromatic N) is 1. The van der Waals surface area contributed by atoms with Crippen LogP contribution in [0.2, 0.25) is 0 Å². The summed E-state index contributed by atoms with van der Waals surface area (Å²) in [6.45, 7) is 2.87. The highest BCUT2D eigenvalue weighted by atomic mass is 79.9. The van der Waals surface area contributed by atoms with Crippen molar-refractivity contribution in [3.05, 3.63) is 64.1 Å². The molecule has 0 amide bonds. The van der Waals surface area contributed by atoms with Crippen LogP contribution in [0.25, 0.3) is 0 Å². The molecule has 2 aromatic rings. The highest BCUT2D eigenvalue weighted by molar-refractivity contribution is 9.10. The summed E-state index contributed by atoms with van der Waals surface area (Å²) in [4.78, 5) is 3.92. The van der Waals surface area contributed by atoms with Gasteiger partial charge in [-0.1, -0.05) is 41.1 Å². The minimum Gasteiger partial charge on any atom is -0.310 e. The molecule has 1 heterocycles. The number of likely N-dealkylation sites (N-methyl/N-ethyl adjacent to an activating group) is 1. The van der Waals surface area contributed by atoms with Gasteiger partial charge in [0.15, 0.2) is 0 Å². The molecule has 0 saturated heterocycles. The smallest absolute Gasteiger partial charge is 0.141 e. The van der Waals surface area contributed by atoms with Gasteiger partial charge in [0, 0.05) is 16.7 Å².